The van der Waals surface area contributed by atoms with Gasteiger partial charge in [0.1, 0.15) is 10.6 Å². The zero-order valence-corrected chi connectivity index (χ0v) is 19.2. The summed E-state index contributed by atoms with van der Waals surface area (Å²) in [4.78, 5) is 22.7. The molecule has 8 heteroatoms. The zero-order chi connectivity index (χ0) is 22.8. The quantitative estimate of drug-likeness (QED) is 0.262. The Morgan fingerprint density at radius 1 is 1.00 bits per heavy atom. The first-order chi connectivity index (χ1) is 16.2. The number of nitrogens with zero attached hydrogens (tertiary/aromatic N) is 5. The smallest absolute Gasteiger partial charge is 0.199 e. The Morgan fingerprint density at radius 3 is 2.33 bits per heavy atom. The van der Waals surface area contributed by atoms with Gasteiger partial charge in [-0.3, -0.25) is 5.26 Å². The van der Waals surface area contributed by atoms with Crippen molar-refractivity contribution in [3.8, 4) is 33.2 Å². The first-order valence-electron chi connectivity index (χ1n) is 10.6. The summed E-state index contributed by atoms with van der Waals surface area (Å²) in [6.07, 6.45) is 3.62. The van der Waals surface area contributed by atoms with Crippen molar-refractivity contribution >= 4 is 27.4 Å². The standard InChI is InChI=1S/C25H23N5O2S/c1-29-14-13-26-24(29)22-27-23(30(2)15-16-32-31)20-19(17-9-5-3-6-10-17)21(33-25(20)28-22)18-11-7-4-8-12-18/h3-14,31H,15-16H2,1-2H3. The third-order valence-corrected chi connectivity index (χ3v) is 6.66. The summed E-state index contributed by atoms with van der Waals surface area (Å²) >= 11 is 1.65. The predicted molar refractivity (Wildman–Crippen MR) is 132 cm³/mol. The molecule has 0 fully saturated rings. The molecule has 0 saturated carbocycles. The zero-order valence-electron chi connectivity index (χ0n) is 18.3. The maximum atomic E-state index is 8.93. The van der Waals surface area contributed by atoms with E-state index in [4.69, 9.17) is 15.2 Å². The number of likely N-dealkylation sites (N-methyl/N-ethyl adjacent to an activating group) is 1. The van der Waals surface area contributed by atoms with Crippen LogP contribution in [-0.4, -0.2) is 45.0 Å². The largest absolute Gasteiger partial charge is 0.357 e. The van der Waals surface area contributed by atoms with Gasteiger partial charge in [-0.1, -0.05) is 60.7 Å². The lowest BCUT2D eigenvalue weighted by atomic mass is 9.99. The lowest BCUT2D eigenvalue weighted by Crippen LogP contribution is -2.23. The van der Waals surface area contributed by atoms with Crippen LogP contribution >= 0.6 is 11.3 Å². The molecule has 5 rings (SSSR count). The average molecular weight is 458 g/mol. The number of anilines is 1. The van der Waals surface area contributed by atoms with E-state index in [2.05, 4.69) is 34.1 Å². The van der Waals surface area contributed by atoms with Crippen LogP contribution in [0.3, 0.4) is 0 Å². The second-order valence-corrected chi connectivity index (χ2v) is 8.70. The third-order valence-electron chi connectivity index (χ3n) is 5.53. The molecule has 5 aromatic rings. The Labute approximate surface area is 195 Å². The van der Waals surface area contributed by atoms with E-state index < -0.39 is 0 Å². The van der Waals surface area contributed by atoms with Crippen molar-refractivity contribution < 1.29 is 10.1 Å². The first-order valence-corrected chi connectivity index (χ1v) is 11.4. The van der Waals surface area contributed by atoms with E-state index in [1.807, 2.05) is 66.2 Å². The van der Waals surface area contributed by atoms with Crippen LogP contribution < -0.4 is 4.90 Å². The van der Waals surface area contributed by atoms with E-state index in [0.717, 1.165) is 37.6 Å². The normalized spacial score (nSPS) is 11.2. The highest BCUT2D eigenvalue weighted by molar-refractivity contribution is 7.22. The second-order valence-electron chi connectivity index (χ2n) is 7.71. The highest BCUT2D eigenvalue weighted by Gasteiger charge is 2.24. The van der Waals surface area contributed by atoms with Crippen molar-refractivity contribution in [3.63, 3.8) is 0 Å². The van der Waals surface area contributed by atoms with Crippen molar-refractivity contribution in [2.24, 2.45) is 7.05 Å². The van der Waals surface area contributed by atoms with Gasteiger partial charge in [-0.2, -0.15) is 0 Å². The van der Waals surface area contributed by atoms with E-state index >= 15 is 0 Å². The number of thiophene rings is 1. The number of aryl methyl sites for hydroxylation is 1. The summed E-state index contributed by atoms with van der Waals surface area (Å²) in [5, 5.41) is 9.91. The fraction of sp³-hybridized carbons (Fsp3) is 0.160. The molecule has 0 aliphatic rings. The van der Waals surface area contributed by atoms with E-state index in [9.17, 15) is 0 Å². The number of hydrogen-bond donors (Lipinski definition) is 1. The van der Waals surface area contributed by atoms with Gasteiger partial charge in [0.05, 0.1) is 12.0 Å². The van der Waals surface area contributed by atoms with Crippen LogP contribution in [0, 0.1) is 0 Å². The van der Waals surface area contributed by atoms with Crippen molar-refractivity contribution in [1.29, 1.82) is 0 Å². The molecule has 0 amide bonds. The van der Waals surface area contributed by atoms with Crippen LogP contribution in [0.5, 0.6) is 0 Å². The van der Waals surface area contributed by atoms with E-state index in [0.29, 0.717) is 18.2 Å². The number of fused-ring (bicyclic) bond motifs is 1. The molecule has 166 valence electrons. The molecule has 3 aromatic heterocycles. The van der Waals surface area contributed by atoms with Crippen LogP contribution in [-0.2, 0) is 11.9 Å². The second kappa shape index (κ2) is 9.11. The predicted octanol–water partition coefficient (Wildman–Crippen LogP) is 5.35. The van der Waals surface area contributed by atoms with E-state index in [-0.39, 0.29) is 6.61 Å². The van der Waals surface area contributed by atoms with E-state index in [1.54, 1.807) is 17.5 Å². The van der Waals surface area contributed by atoms with Gasteiger partial charge in [-0.15, -0.1) is 11.3 Å². The Hall–Kier alpha value is -3.59. The molecule has 0 aliphatic carbocycles. The van der Waals surface area contributed by atoms with Crippen molar-refractivity contribution in [1.82, 2.24) is 19.5 Å². The van der Waals surface area contributed by atoms with Crippen molar-refractivity contribution in [2.45, 2.75) is 0 Å². The van der Waals surface area contributed by atoms with Gasteiger partial charge in [0, 0.05) is 43.5 Å². The van der Waals surface area contributed by atoms with Gasteiger partial charge in [0.15, 0.2) is 11.6 Å². The summed E-state index contributed by atoms with van der Waals surface area (Å²) in [5.41, 5.74) is 3.33. The molecule has 33 heavy (non-hydrogen) atoms. The van der Waals surface area contributed by atoms with Crippen molar-refractivity contribution in [3.05, 3.63) is 73.1 Å². The molecule has 0 spiro atoms. The molecule has 0 unspecified atom stereocenters. The monoisotopic (exact) mass is 457 g/mol. The van der Waals surface area contributed by atoms with E-state index in [1.165, 1.54) is 0 Å². The number of hydrogen-bond acceptors (Lipinski definition) is 7. The Balaban J connectivity index is 1.84. The highest BCUT2D eigenvalue weighted by Crippen LogP contribution is 2.47. The summed E-state index contributed by atoms with van der Waals surface area (Å²) in [6, 6.07) is 20.7. The fourth-order valence-electron chi connectivity index (χ4n) is 3.90. The van der Waals surface area contributed by atoms with Gasteiger partial charge in [-0.05, 0) is 11.1 Å². The minimum atomic E-state index is 0.163. The number of rotatable bonds is 7. The topological polar surface area (TPSA) is 76.3 Å². The minimum Gasteiger partial charge on any atom is -0.357 e. The van der Waals surface area contributed by atoms with Crippen LogP contribution in [0.1, 0.15) is 0 Å². The molecule has 0 atom stereocenters. The molecular formula is C25H23N5O2S. The summed E-state index contributed by atoms with van der Waals surface area (Å²) in [7, 11) is 3.87. The van der Waals surface area contributed by atoms with Gasteiger partial charge in [0.2, 0.25) is 0 Å². The maximum Gasteiger partial charge on any atom is 0.199 e. The minimum absolute atomic E-state index is 0.163. The lowest BCUT2D eigenvalue weighted by molar-refractivity contribution is -0.239. The fourth-order valence-corrected chi connectivity index (χ4v) is 5.09. The van der Waals surface area contributed by atoms with Gasteiger partial charge in [0.25, 0.3) is 0 Å². The summed E-state index contributed by atoms with van der Waals surface area (Å²) < 4.78 is 1.91. The molecular weight excluding hydrogens is 434 g/mol. The lowest BCUT2D eigenvalue weighted by Gasteiger charge is -2.20. The number of aromatic nitrogens is 4. The van der Waals surface area contributed by atoms with Crippen LogP contribution in [0.2, 0.25) is 0 Å². The average Bonchev–Trinajstić information content (AvgIpc) is 3.46. The Bertz CT molecular complexity index is 1380. The molecule has 1 N–H and O–H groups in total. The maximum absolute atomic E-state index is 8.93. The molecule has 2 aromatic carbocycles. The highest BCUT2D eigenvalue weighted by atomic mass is 32.1. The van der Waals surface area contributed by atoms with Crippen LogP contribution in [0.4, 0.5) is 5.82 Å². The third kappa shape index (κ3) is 4.00. The Morgan fingerprint density at radius 2 is 1.70 bits per heavy atom. The van der Waals surface area contributed by atoms with Crippen LogP contribution in [0.15, 0.2) is 73.1 Å². The van der Waals surface area contributed by atoms with Gasteiger partial charge in [-0.25, -0.2) is 19.8 Å². The molecule has 0 aliphatic heterocycles. The number of imidazole rings is 1. The van der Waals surface area contributed by atoms with Gasteiger partial charge >= 0.3 is 0 Å². The number of benzene rings is 2. The first kappa shape index (κ1) is 21.3. The summed E-state index contributed by atoms with van der Waals surface area (Å²) in [6.45, 7) is 0.628. The summed E-state index contributed by atoms with van der Waals surface area (Å²) in [5.74, 6) is 2.02. The molecule has 0 bridgehead atoms. The molecule has 7 nitrogen and oxygen atoms in total. The molecule has 3 heterocycles. The Kier molecular flexibility index (Phi) is 5.87. The van der Waals surface area contributed by atoms with Gasteiger partial charge < -0.3 is 9.47 Å². The van der Waals surface area contributed by atoms with Crippen LogP contribution in [0.25, 0.3) is 43.4 Å². The molecule has 0 radical (unpaired) electrons. The SMILES string of the molecule is CN(CCOO)c1nc(-c2nccn2C)nc2sc(-c3ccccc3)c(-c3ccccc3)c12. The van der Waals surface area contributed by atoms with Crippen molar-refractivity contribution in [2.75, 3.05) is 25.1 Å². The molecule has 0 saturated heterocycles.